The average Bonchev–Trinajstić information content (AvgIpc) is 3.28. The number of rotatable bonds is 4. The third kappa shape index (κ3) is 4.45. The van der Waals surface area contributed by atoms with Crippen LogP contribution in [-0.4, -0.2) is 55.5 Å². The first-order valence-electron chi connectivity index (χ1n) is 10.3. The lowest BCUT2D eigenvalue weighted by molar-refractivity contribution is -0.121. The molecule has 1 aromatic carbocycles. The van der Waals surface area contributed by atoms with Crippen molar-refractivity contribution < 1.29 is 18.0 Å². The summed E-state index contributed by atoms with van der Waals surface area (Å²) in [6.45, 7) is 4.77. The zero-order valence-corrected chi connectivity index (χ0v) is 19.4. The van der Waals surface area contributed by atoms with E-state index in [-0.39, 0.29) is 23.8 Å². The third-order valence-electron chi connectivity index (χ3n) is 5.84. The van der Waals surface area contributed by atoms with E-state index in [1.54, 1.807) is 17.0 Å². The Morgan fingerprint density at radius 1 is 1.23 bits per heavy atom. The molecule has 0 aliphatic carbocycles. The van der Waals surface area contributed by atoms with Gasteiger partial charge in [0.15, 0.2) is 5.13 Å². The standard InChI is InChI=1S/C21H26N4O4S2/c1-13-12-30-21(22-13)23-19(26)15-6-8-24(9-7-15)20(27)16-4-5-18-17(11-16)10-14(2)25(18)31(3,28)29/h4-5,11-12,14-15H,6-10H2,1-3H3,(H,22,23,26). The fraction of sp³-hybridized carbons (Fsp3) is 0.476. The number of aromatic nitrogens is 1. The minimum absolute atomic E-state index is 0.0474. The van der Waals surface area contributed by atoms with Gasteiger partial charge in [0.2, 0.25) is 15.9 Å². The number of carbonyl (C=O) groups excluding carboxylic acids is 2. The second kappa shape index (κ2) is 8.23. The number of hydrogen-bond donors (Lipinski definition) is 1. The second-order valence-corrected chi connectivity index (χ2v) is 11.0. The monoisotopic (exact) mass is 462 g/mol. The van der Waals surface area contributed by atoms with Crippen molar-refractivity contribution in [3.8, 4) is 0 Å². The van der Waals surface area contributed by atoms with Crippen LogP contribution in [0.1, 0.15) is 41.4 Å². The first kappa shape index (κ1) is 21.8. The number of fused-ring (bicyclic) bond motifs is 1. The molecule has 1 fully saturated rings. The highest BCUT2D eigenvalue weighted by molar-refractivity contribution is 7.92. The van der Waals surface area contributed by atoms with Gasteiger partial charge in [0.1, 0.15) is 0 Å². The molecule has 1 unspecified atom stereocenters. The number of sulfonamides is 1. The molecule has 0 spiro atoms. The first-order valence-corrected chi connectivity index (χ1v) is 13.0. The number of aryl methyl sites for hydroxylation is 1. The molecule has 10 heteroatoms. The third-order valence-corrected chi connectivity index (χ3v) is 7.99. The Kier molecular flexibility index (Phi) is 5.78. The number of nitrogens with one attached hydrogen (secondary N) is 1. The van der Waals surface area contributed by atoms with Crippen LogP contribution in [0.25, 0.3) is 0 Å². The Morgan fingerprint density at radius 3 is 2.55 bits per heavy atom. The molecule has 1 N–H and O–H groups in total. The molecule has 0 saturated carbocycles. The number of amides is 2. The number of thiazole rings is 1. The maximum Gasteiger partial charge on any atom is 0.253 e. The van der Waals surface area contributed by atoms with Crippen molar-refractivity contribution in [3.05, 3.63) is 40.4 Å². The molecule has 0 bridgehead atoms. The fourth-order valence-electron chi connectivity index (χ4n) is 4.39. The SMILES string of the molecule is Cc1csc(NC(=O)C2CCN(C(=O)c3ccc4c(c3)CC(C)N4S(C)(=O)=O)CC2)n1. The van der Waals surface area contributed by atoms with Crippen LogP contribution in [0.15, 0.2) is 23.6 Å². The van der Waals surface area contributed by atoms with Gasteiger partial charge in [-0.2, -0.15) is 0 Å². The number of anilines is 2. The predicted octanol–water partition coefficient (Wildman–Crippen LogP) is 2.65. The van der Waals surface area contributed by atoms with E-state index in [0.29, 0.717) is 48.7 Å². The molecule has 1 aromatic heterocycles. The lowest BCUT2D eigenvalue weighted by Gasteiger charge is -2.31. The maximum absolute atomic E-state index is 13.0. The van der Waals surface area contributed by atoms with E-state index in [1.807, 2.05) is 25.3 Å². The largest absolute Gasteiger partial charge is 0.339 e. The van der Waals surface area contributed by atoms with Crippen LogP contribution < -0.4 is 9.62 Å². The lowest BCUT2D eigenvalue weighted by atomic mass is 9.95. The van der Waals surface area contributed by atoms with Gasteiger partial charge < -0.3 is 10.2 Å². The molecule has 166 valence electrons. The van der Waals surface area contributed by atoms with Gasteiger partial charge in [-0.1, -0.05) is 0 Å². The number of nitrogens with zero attached hydrogens (tertiary/aromatic N) is 3. The highest BCUT2D eigenvalue weighted by Gasteiger charge is 2.34. The number of likely N-dealkylation sites (tertiary alicyclic amines) is 1. The minimum Gasteiger partial charge on any atom is -0.339 e. The molecule has 3 heterocycles. The molecule has 2 aliphatic rings. The van der Waals surface area contributed by atoms with E-state index >= 15 is 0 Å². The Balaban J connectivity index is 1.39. The normalized spacial score (nSPS) is 19.4. The summed E-state index contributed by atoms with van der Waals surface area (Å²) in [6.07, 6.45) is 2.99. The maximum atomic E-state index is 13.0. The smallest absolute Gasteiger partial charge is 0.253 e. The second-order valence-electron chi connectivity index (χ2n) is 8.31. The van der Waals surface area contributed by atoms with Gasteiger partial charge in [-0.05, 0) is 56.9 Å². The van der Waals surface area contributed by atoms with Crippen LogP contribution in [-0.2, 0) is 21.2 Å². The number of carbonyl (C=O) groups is 2. The summed E-state index contributed by atoms with van der Waals surface area (Å²) >= 11 is 1.41. The highest BCUT2D eigenvalue weighted by Crippen LogP contribution is 2.35. The molecule has 31 heavy (non-hydrogen) atoms. The molecule has 1 atom stereocenters. The molecule has 8 nitrogen and oxygen atoms in total. The first-order chi connectivity index (χ1) is 14.6. The molecule has 2 amide bonds. The van der Waals surface area contributed by atoms with Gasteiger partial charge >= 0.3 is 0 Å². The summed E-state index contributed by atoms with van der Waals surface area (Å²) in [6, 6.07) is 5.07. The van der Waals surface area contributed by atoms with Gasteiger partial charge in [-0.15, -0.1) is 11.3 Å². The number of benzene rings is 1. The fourth-order valence-corrected chi connectivity index (χ4v) is 6.34. The van der Waals surface area contributed by atoms with Gasteiger partial charge in [0.25, 0.3) is 5.91 Å². The number of hydrogen-bond acceptors (Lipinski definition) is 6. The van der Waals surface area contributed by atoms with Gasteiger partial charge in [0, 0.05) is 36.0 Å². The predicted molar refractivity (Wildman–Crippen MR) is 121 cm³/mol. The molecular formula is C21H26N4O4S2. The van der Waals surface area contributed by atoms with E-state index in [4.69, 9.17) is 0 Å². The van der Waals surface area contributed by atoms with Crippen molar-refractivity contribution in [2.24, 2.45) is 5.92 Å². The van der Waals surface area contributed by atoms with E-state index in [1.165, 1.54) is 21.9 Å². The Hall–Kier alpha value is -2.46. The molecule has 2 aromatic rings. The Bertz CT molecular complexity index is 1120. The Morgan fingerprint density at radius 2 is 1.94 bits per heavy atom. The lowest BCUT2D eigenvalue weighted by Crippen LogP contribution is -2.41. The van der Waals surface area contributed by atoms with Crippen LogP contribution in [0, 0.1) is 12.8 Å². The zero-order chi connectivity index (χ0) is 22.3. The molecule has 0 radical (unpaired) electrons. The minimum atomic E-state index is -3.36. The van der Waals surface area contributed by atoms with Crippen LogP contribution >= 0.6 is 11.3 Å². The summed E-state index contributed by atoms with van der Waals surface area (Å²) < 4.78 is 25.6. The van der Waals surface area contributed by atoms with Crippen LogP contribution in [0.2, 0.25) is 0 Å². The average molecular weight is 463 g/mol. The molecule has 1 saturated heterocycles. The van der Waals surface area contributed by atoms with Gasteiger partial charge in [-0.25, -0.2) is 13.4 Å². The van der Waals surface area contributed by atoms with E-state index in [0.717, 1.165) is 11.3 Å². The van der Waals surface area contributed by atoms with Crippen molar-refractivity contribution in [2.45, 2.75) is 39.2 Å². The number of piperidine rings is 1. The summed E-state index contributed by atoms with van der Waals surface area (Å²) in [4.78, 5) is 31.5. The van der Waals surface area contributed by atoms with E-state index in [2.05, 4.69) is 10.3 Å². The van der Waals surface area contributed by atoms with Crippen molar-refractivity contribution in [3.63, 3.8) is 0 Å². The van der Waals surface area contributed by atoms with Crippen molar-refractivity contribution in [2.75, 3.05) is 29.0 Å². The zero-order valence-electron chi connectivity index (χ0n) is 17.8. The molecule has 2 aliphatic heterocycles. The summed E-state index contributed by atoms with van der Waals surface area (Å²) in [5.74, 6) is -0.269. The Labute approximate surface area is 186 Å². The quantitative estimate of drug-likeness (QED) is 0.753. The summed E-state index contributed by atoms with van der Waals surface area (Å²) in [7, 11) is -3.36. The summed E-state index contributed by atoms with van der Waals surface area (Å²) in [5.41, 5.74) is 2.96. The van der Waals surface area contributed by atoms with Crippen molar-refractivity contribution in [1.29, 1.82) is 0 Å². The van der Waals surface area contributed by atoms with E-state index in [9.17, 15) is 18.0 Å². The van der Waals surface area contributed by atoms with Gasteiger partial charge in [0.05, 0.1) is 17.6 Å². The van der Waals surface area contributed by atoms with Crippen LogP contribution in [0.4, 0.5) is 10.8 Å². The van der Waals surface area contributed by atoms with Crippen molar-refractivity contribution in [1.82, 2.24) is 9.88 Å². The molecule has 4 rings (SSSR count). The van der Waals surface area contributed by atoms with Crippen LogP contribution in [0.3, 0.4) is 0 Å². The molecular weight excluding hydrogens is 436 g/mol. The highest BCUT2D eigenvalue weighted by atomic mass is 32.2. The van der Waals surface area contributed by atoms with Gasteiger partial charge in [-0.3, -0.25) is 13.9 Å². The van der Waals surface area contributed by atoms with Crippen LogP contribution in [0.5, 0.6) is 0 Å². The topological polar surface area (TPSA) is 99.7 Å². The van der Waals surface area contributed by atoms with E-state index < -0.39 is 10.0 Å². The van der Waals surface area contributed by atoms with Crippen molar-refractivity contribution >= 4 is 44.0 Å². The summed E-state index contributed by atoms with van der Waals surface area (Å²) in [5, 5.41) is 5.37.